The minimum absolute atomic E-state index is 0.0780. The third-order valence-electron chi connectivity index (χ3n) is 4.15. The summed E-state index contributed by atoms with van der Waals surface area (Å²) < 4.78 is 0.234. The van der Waals surface area contributed by atoms with E-state index in [1.54, 1.807) is 5.06 Å². The number of nitrogens with zero attached hydrogens (tertiary/aromatic N) is 1. The summed E-state index contributed by atoms with van der Waals surface area (Å²) in [6, 6.07) is 0. The van der Waals surface area contributed by atoms with Gasteiger partial charge in [0.05, 0.1) is 5.54 Å². The number of hydrogen-bond acceptors (Lipinski definition) is 5. The molecule has 1 aliphatic heterocycles. The van der Waals surface area contributed by atoms with E-state index in [1.807, 2.05) is 28.6 Å². The fraction of sp³-hybridized carbons (Fsp3) is 0.824. The maximum atomic E-state index is 12.0. The third-order valence-corrected chi connectivity index (χ3v) is 7.52. The van der Waals surface area contributed by atoms with E-state index in [1.165, 1.54) is 0 Å². The van der Waals surface area contributed by atoms with Crippen LogP contribution in [0.2, 0.25) is 0 Å². The van der Waals surface area contributed by atoms with Crippen LogP contribution in [0, 0.1) is 0 Å². The predicted octanol–water partition coefficient (Wildman–Crippen LogP) is 4.38. The highest BCUT2D eigenvalue weighted by Crippen LogP contribution is 2.36. The van der Waals surface area contributed by atoms with E-state index in [2.05, 4.69) is 39.6 Å². The van der Waals surface area contributed by atoms with Crippen LogP contribution in [0.3, 0.4) is 0 Å². The lowest BCUT2D eigenvalue weighted by Gasteiger charge is -2.33. The minimum atomic E-state index is -0.179. The van der Waals surface area contributed by atoms with E-state index in [9.17, 15) is 4.79 Å². The number of rotatable bonds is 11. The molecule has 1 aliphatic rings. The fourth-order valence-electron chi connectivity index (χ4n) is 2.52. The monoisotopic (exact) mass is 360 g/mol. The Balaban J connectivity index is 2.26. The van der Waals surface area contributed by atoms with Gasteiger partial charge in [0.15, 0.2) is 0 Å². The smallest absolute Gasteiger partial charge is 0.255 e. The average Bonchev–Trinajstić information content (AvgIpc) is 2.76. The molecule has 0 aliphatic carbocycles. The van der Waals surface area contributed by atoms with Crippen LogP contribution >= 0.6 is 21.6 Å². The van der Waals surface area contributed by atoms with Crippen molar-refractivity contribution in [3.8, 4) is 0 Å². The summed E-state index contributed by atoms with van der Waals surface area (Å²) in [6.45, 7) is 13.6. The summed E-state index contributed by atoms with van der Waals surface area (Å²) in [7, 11) is 5.78. The molecule has 1 N–H and O–H groups in total. The molecule has 1 saturated heterocycles. The van der Waals surface area contributed by atoms with E-state index in [-0.39, 0.29) is 16.2 Å². The highest BCUT2D eigenvalue weighted by molar-refractivity contribution is 8.77. The number of allylic oxidation sites excluding steroid dienone is 1. The first-order chi connectivity index (χ1) is 10.7. The van der Waals surface area contributed by atoms with Gasteiger partial charge >= 0.3 is 0 Å². The van der Waals surface area contributed by atoms with Crippen molar-refractivity contribution in [2.75, 3.05) is 19.3 Å². The second-order valence-corrected chi connectivity index (χ2v) is 10.1. The molecule has 1 rings (SSSR count). The normalized spacial score (nSPS) is 21.8. The Morgan fingerprint density at radius 1 is 1.52 bits per heavy atom. The SMILES string of the molecule is C=C(CCCSSC(C)(C)CNC)ON1C(=O)CCC1(C)CC. The molecule has 4 nitrogen and oxygen atoms in total. The number of hydroxylamine groups is 2. The molecule has 0 aromatic heterocycles. The zero-order chi connectivity index (χ0) is 17.5. The van der Waals surface area contributed by atoms with Crippen LogP contribution in [0.5, 0.6) is 0 Å². The molecular formula is C17H32N2O2S2. The second-order valence-electron chi connectivity index (χ2n) is 6.97. The second kappa shape index (κ2) is 9.23. The topological polar surface area (TPSA) is 41.6 Å². The van der Waals surface area contributed by atoms with Crippen molar-refractivity contribution >= 4 is 27.5 Å². The van der Waals surface area contributed by atoms with Gasteiger partial charge in [-0.25, -0.2) is 0 Å². The Labute approximate surface area is 149 Å². The van der Waals surface area contributed by atoms with Gasteiger partial charge in [-0.2, -0.15) is 5.06 Å². The largest absolute Gasteiger partial charge is 0.381 e. The summed E-state index contributed by atoms with van der Waals surface area (Å²) in [6.07, 6.45) is 4.15. The zero-order valence-corrected chi connectivity index (χ0v) is 16.9. The minimum Gasteiger partial charge on any atom is -0.381 e. The van der Waals surface area contributed by atoms with Crippen LogP contribution in [0.4, 0.5) is 0 Å². The van der Waals surface area contributed by atoms with Gasteiger partial charge in [-0.15, -0.1) is 0 Å². The van der Waals surface area contributed by atoms with Gasteiger partial charge in [0.1, 0.15) is 5.76 Å². The van der Waals surface area contributed by atoms with Crippen LogP contribution in [0.1, 0.15) is 59.8 Å². The summed E-state index contributed by atoms with van der Waals surface area (Å²) in [4.78, 5) is 17.8. The molecular weight excluding hydrogens is 328 g/mol. The Kier molecular flexibility index (Phi) is 8.31. The van der Waals surface area contributed by atoms with E-state index in [0.29, 0.717) is 12.2 Å². The van der Waals surface area contributed by atoms with Gasteiger partial charge in [0.25, 0.3) is 5.91 Å². The molecule has 0 aromatic rings. The Bertz CT molecular complexity index is 415. The van der Waals surface area contributed by atoms with Gasteiger partial charge in [0, 0.05) is 29.9 Å². The predicted molar refractivity (Wildman–Crippen MR) is 102 cm³/mol. The molecule has 0 bridgehead atoms. The van der Waals surface area contributed by atoms with Crippen LogP contribution in [-0.2, 0) is 9.63 Å². The van der Waals surface area contributed by atoms with E-state index < -0.39 is 0 Å². The molecule has 134 valence electrons. The quantitative estimate of drug-likeness (QED) is 0.336. The lowest BCUT2D eigenvalue weighted by molar-refractivity contribution is -0.189. The number of carbonyl (C=O) groups is 1. The number of carbonyl (C=O) groups excluding carboxylic acids is 1. The Morgan fingerprint density at radius 2 is 2.22 bits per heavy atom. The van der Waals surface area contributed by atoms with Crippen LogP contribution in [0.15, 0.2) is 12.3 Å². The molecule has 0 radical (unpaired) electrons. The third kappa shape index (κ3) is 6.59. The molecule has 1 amide bonds. The van der Waals surface area contributed by atoms with Crippen LogP contribution in [0.25, 0.3) is 0 Å². The summed E-state index contributed by atoms with van der Waals surface area (Å²) >= 11 is 0. The molecule has 0 saturated carbocycles. The maximum absolute atomic E-state index is 12.0. The van der Waals surface area contributed by atoms with Gasteiger partial charge in [-0.05, 0) is 47.1 Å². The lowest BCUT2D eigenvalue weighted by Crippen LogP contribution is -2.42. The van der Waals surface area contributed by atoms with E-state index >= 15 is 0 Å². The molecule has 1 unspecified atom stereocenters. The van der Waals surface area contributed by atoms with Gasteiger partial charge in [-0.1, -0.05) is 35.1 Å². The maximum Gasteiger partial charge on any atom is 0.255 e. The van der Waals surface area contributed by atoms with Gasteiger partial charge in [-0.3, -0.25) is 4.79 Å². The molecule has 0 aromatic carbocycles. The summed E-state index contributed by atoms with van der Waals surface area (Å²) in [5.41, 5.74) is -0.179. The number of nitrogens with one attached hydrogen (secondary N) is 1. The van der Waals surface area contributed by atoms with E-state index in [0.717, 1.165) is 38.0 Å². The molecule has 1 heterocycles. The van der Waals surface area contributed by atoms with Crippen molar-refractivity contribution in [2.45, 2.75) is 70.1 Å². The fourth-order valence-corrected chi connectivity index (χ4v) is 5.13. The standard InChI is InChI=1S/C17H32N2O2S2/c1-7-17(5)11-10-15(20)19(17)21-14(2)9-8-12-22-23-16(3,4)13-18-6/h18H,2,7-13H2,1,3-6H3. The van der Waals surface area contributed by atoms with Crippen molar-refractivity contribution in [3.05, 3.63) is 12.3 Å². The van der Waals surface area contributed by atoms with Crippen molar-refractivity contribution in [3.63, 3.8) is 0 Å². The van der Waals surface area contributed by atoms with Crippen LogP contribution in [-0.4, -0.2) is 40.6 Å². The van der Waals surface area contributed by atoms with Crippen molar-refractivity contribution in [1.29, 1.82) is 0 Å². The van der Waals surface area contributed by atoms with Crippen LogP contribution < -0.4 is 5.32 Å². The molecule has 23 heavy (non-hydrogen) atoms. The van der Waals surface area contributed by atoms with Gasteiger partial charge in [0.2, 0.25) is 0 Å². The molecule has 1 fully saturated rings. The van der Waals surface area contributed by atoms with Crippen molar-refractivity contribution < 1.29 is 9.63 Å². The van der Waals surface area contributed by atoms with Gasteiger partial charge < -0.3 is 10.2 Å². The Hall–Kier alpha value is -0.330. The van der Waals surface area contributed by atoms with E-state index in [4.69, 9.17) is 4.84 Å². The highest BCUT2D eigenvalue weighted by Gasteiger charge is 2.42. The zero-order valence-electron chi connectivity index (χ0n) is 15.2. The number of amides is 1. The molecule has 0 spiro atoms. The average molecular weight is 361 g/mol. The molecule has 6 heteroatoms. The Morgan fingerprint density at radius 3 is 2.83 bits per heavy atom. The summed E-state index contributed by atoms with van der Waals surface area (Å²) in [5, 5.41) is 4.78. The first kappa shape index (κ1) is 20.7. The first-order valence-corrected chi connectivity index (χ1v) is 10.7. The summed E-state index contributed by atoms with van der Waals surface area (Å²) in [5.74, 6) is 1.83. The first-order valence-electron chi connectivity index (χ1n) is 8.38. The lowest BCUT2D eigenvalue weighted by atomic mass is 9.97. The molecule has 1 atom stereocenters. The number of hydrogen-bond donors (Lipinski definition) is 1. The highest BCUT2D eigenvalue weighted by atomic mass is 33.1. The van der Waals surface area contributed by atoms with Crippen molar-refractivity contribution in [1.82, 2.24) is 10.4 Å². The van der Waals surface area contributed by atoms with Crippen molar-refractivity contribution in [2.24, 2.45) is 0 Å².